The quantitative estimate of drug-likeness (QED) is 0.776. The molecule has 1 atom stereocenters. The fourth-order valence-electron chi connectivity index (χ4n) is 2.35. The Kier molecular flexibility index (Phi) is 4.06. The van der Waals surface area contributed by atoms with Gasteiger partial charge in [-0.15, -0.1) is 10.2 Å². The van der Waals surface area contributed by atoms with Crippen LogP contribution >= 0.6 is 0 Å². The van der Waals surface area contributed by atoms with Gasteiger partial charge in [0, 0.05) is 18.0 Å². The second-order valence-corrected chi connectivity index (χ2v) is 7.49. The molecule has 0 saturated carbocycles. The van der Waals surface area contributed by atoms with E-state index >= 15 is 0 Å². The van der Waals surface area contributed by atoms with Crippen molar-refractivity contribution in [1.82, 2.24) is 19.9 Å². The number of nitrogens with zero attached hydrogens (tertiary/aromatic N) is 3. The Balaban J connectivity index is 1.79. The first kappa shape index (κ1) is 16.1. The number of hydrogen-bond acceptors (Lipinski definition) is 5. The molecule has 124 valence electrons. The van der Waals surface area contributed by atoms with Gasteiger partial charge in [-0.25, -0.2) is 8.42 Å². The fraction of sp³-hybridized carbons (Fsp3) is 0.188. The van der Waals surface area contributed by atoms with Crippen molar-refractivity contribution in [1.29, 1.82) is 0 Å². The third kappa shape index (κ3) is 3.13. The molecule has 2 heterocycles. The Hall–Kier alpha value is -2.74. The first-order valence-electron chi connectivity index (χ1n) is 7.27. The Morgan fingerprint density at radius 1 is 1.12 bits per heavy atom. The molecule has 0 aliphatic rings. The number of carbonyl (C=O) groups is 1. The predicted octanol–water partition coefficient (Wildman–Crippen LogP) is 1.62. The lowest BCUT2D eigenvalue weighted by atomic mass is 10.2. The molecule has 24 heavy (non-hydrogen) atoms. The zero-order chi connectivity index (χ0) is 17.3. The van der Waals surface area contributed by atoms with Gasteiger partial charge in [0.25, 0.3) is 5.91 Å². The zero-order valence-electron chi connectivity index (χ0n) is 13.2. The van der Waals surface area contributed by atoms with Crippen LogP contribution in [0.25, 0.3) is 5.65 Å². The Morgan fingerprint density at radius 2 is 1.83 bits per heavy atom. The number of sulfone groups is 1. The summed E-state index contributed by atoms with van der Waals surface area (Å²) in [5.41, 5.74) is 1.08. The van der Waals surface area contributed by atoms with Crippen molar-refractivity contribution in [3.05, 3.63) is 60.0 Å². The van der Waals surface area contributed by atoms with E-state index in [9.17, 15) is 13.2 Å². The maximum Gasteiger partial charge on any atom is 0.251 e. The van der Waals surface area contributed by atoms with Gasteiger partial charge in [0.1, 0.15) is 0 Å². The van der Waals surface area contributed by atoms with Gasteiger partial charge in [-0.3, -0.25) is 9.20 Å². The van der Waals surface area contributed by atoms with Crippen molar-refractivity contribution in [3.8, 4) is 0 Å². The summed E-state index contributed by atoms with van der Waals surface area (Å²) < 4.78 is 24.7. The molecule has 0 unspecified atom stereocenters. The molecule has 0 radical (unpaired) electrons. The summed E-state index contributed by atoms with van der Waals surface area (Å²) in [6, 6.07) is 11.0. The highest BCUT2D eigenvalue weighted by atomic mass is 32.2. The summed E-state index contributed by atoms with van der Waals surface area (Å²) in [7, 11) is -3.28. The van der Waals surface area contributed by atoms with Gasteiger partial charge in [0.15, 0.2) is 21.3 Å². The number of benzene rings is 1. The normalized spacial score (nSPS) is 12.9. The summed E-state index contributed by atoms with van der Waals surface area (Å²) in [5.74, 6) is 0.307. The largest absolute Gasteiger partial charge is 0.342 e. The van der Waals surface area contributed by atoms with Crippen LogP contribution < -0.4 is 5.32 Å². The third-order valence-electron chi connectivity index (χ3n) is 3.62. The van der Waals surface area contributed by atoms with E-state index in [-0.39, 0.29) is 16.8 Å². The maximum atomic E-state index is 12.3. The van der Waals surface area contributed by atoms with Crippen molar-refractivity contribution in [3.63, 3.8) is 0 Å². The molecule has 2 aromatic heterocycles. The molecule has 1 N–H and O–H groups in total. The van der Waals surface area contributed by atoms with E-state index in [0.717, 1.165) is 6.26 Å². The molecule has 0 bridgehead atoms. The standard InChI is InChI=1S/C16H16N4O3S/c1-11(15-19-18-14-5-3-4-10-20(14)15)17-16(21)12-6-8-13(9-7-12)24(2,22)23/h3-11H,1-2H3,(H,17,21)/t11-/m0/s1. The number of amides is 1. The average molecular weight is 344 g/mol. The topological polar surface area (TPSA) is 93.4 Å². The number of fused-ring (bicyclic) bond motifs is 1. The van der Waals surface area contributed by atoms with Gasteiger partial charge in [0.05, 0.1) is 10.9 Å². The summed E-state index contributed by atoms with van der Waals surface area (Å²) >= 11 is 0. The van der Waals surface area contributed by atoms with Gasteiger partial charge in [-0.1, -0.05) is 6.07 Å². The van der Waals surface area contributed by atoms with Gasteiger partial charge in [-0.05, 0) is 43.3 Å². The van der Waals surface area contributed by atoms with Crippen LogP contribution in [0.3, 0.4) is 0 Å². The molecule has 0 aliphatic carbocycles. The molecule has 3 aromatic rings. The highest BCUT2D eigenvalue weighted by molar-refractivity contribution is 7.90. The molecule has 0 fully saturated rings. The minimum Gasteiger partial charge on any atom is -0.342 e. The fourth-order valence-corrected chi connectivity index (χ4v) is 2.98. The van der Waals surface area contributed by atoms with Crippen LogP contribution in [0.5, 0.6) is 0 Å². The molecule has 1 amide bonds. The van der Waals surface area contributed by atoms with Crippen LogP contribution in [0, 0.1) is 0 Å². The van der Waals surface area contributed by atoms with Gasteiger partial charge in [0.2, 0.25) is 0 Å². The van der Waals surface area contributed by atoms with Gasteiger partial charge < -0.3 is 5.32 Å². The first-order chi connectivity index (χ1) is 11.4. The summed E-state index contributed by atoms with van der Waals surface area (Å²) in [6.45, 7) is 1.81. The van der Waals surface area contributed by atoms with E-state index in [1.807, 2.05) is 31.3 Å². The van der Waals surface area contributed by atoms with Gasteiger partial charge in [-0.2, -0.15) is 0 Å². The van der Waals surface area contributed by atoms with E-state index in [1.54, 1.807) is 4.40 Å². The van der Waals surface area contributed by atoms with Crippen LogP contribution in [0.2, 0.25) is 0 Å². The number of aromatic nitrogens is 3. The number of carbonyl (C=O) groups excluding carboxylic acids is 1. The Bertz CT molecular complexity index is 994. The zero-order valence-corrected chi connectivity index (χ0v) is 14.0. The van der Waals surface area contributed by atoms with Crippen molar-refractivity contribution in [2.24, 2.45) is 0 Å². The van der Waals surface area contributed by atoms with Crippen molar-refractivity contribution >= 4 is 21.4 Å². The molecular weight excluding hydrogens is 328 g/mol. The SMILES string of the molecule is C[C@H](NC(=O)c1ccc(S(C)(=O)=O)cc1)c1nnc2ccccn12. The lowest BCUT2D eigenvalue weighted by Gasteiger charge is -2.12. The first-order valence-corrected chi connectivity index (χ1v) is 9.16. The van der Waals surface area contributed by atoms with E-state index in [0.29, 0.717) is 17.0 Å². The molecule has 7 nitrogen and oxygen atoms in total. The van der Waals surface area contributed by atoms with Crippen LogP contribution in [-0.4, -0.2) is 35.2 Å². The van der Waals surface area contributed by atoms with E-state index in [4.69, 9.17) is 0 Å². The molecule has 0 spiro atoms. The number of nitrogens with one attached hydrogen (secondary N) is 1. The average Bonchev–Trinajstić information content (AvgIpc) is 2.98. The van der Waals surface area contributed by atoms with E-state index < -0.39 is 9.84 Å². The molecule has 1 aromatic carbocycles. The van der Waals surface area contributed by atoms with E-state index in [1.165, 1.54) is 24.3 Å². The lowest BCUT2D eigenvalue weighted by Crippen LogP contribution is -2.28. The second-order valence-electron chi connectivity index (χ2n) is 5.48. The minimum atomic E-state index is -3.28. The van der Waals surface area contributed by atoms with Crippen LogP contribution in [-0.2, 0) is 9.84 Å². The van der Waals surface area contributed by atoms with Crippen LogP contribution in [0.1, 0.15) is 29.1 Å². The molecule has 0 aliphatic heterocycles. The number of hydrogen-bond donors (Lipinski definition) is 1. The summed E-state index contributed by atoms with van der Waals surface area (Å²) in [4.78, 5) is 12.5. The minimum absolute atomic E-state index is 0.176. The van der Waals surface area contributed by atoms with Crippen molar-refractivity contribution in [2.75, 3.05) is 6.26 Å². The van der Waals surface area contributed by atoms with Crippen LogP contribution in [0.4, 0.5) is 0 Å². The lowest BCUT2D eigenvalue weighted by molar-refractivity contribution is 0.0938. The van der Waals surface area contributed by atoms with Crippen molar-refractivity contribution < 1.29 is 13.2 Å². The summed E-state index contributed by atoms with van der Waals surface area (Å²) in [6.07, 6.45) is 2.95. The summed E-state index contributed by atoms with van der Waals surface area (Å²) in [5, 5.41) is 11.0. The second kappa shape index (κ2) is 6.04. The van der Waals surface area contributed by atoms with E-state index in [2.05, 4.69) is 15.5 Å². The predicted molar refractivity (Wildman–Crippen MR) is 88.4 cm³/mol. The molecule has 3 rings (SSSR count). The van der Waals surface area contributed by atoms with Gasteiger partial charge >= 0.3 is 0 Å². The highest BCUT2D eigenvalue weighted by Crippen LogP contribution is 2.14. The molecule has 8 heteroatoms. The Labute approximate surface area is 139 Å². The van der Waals surface area contributed by atoms with Crippen LogP contribution in [0.15, 0.2) is 53.6 Å². The monoisotopic (exact) mass is 344 g/mol. The number of rotatable bonds is 4. The molecule has 0 saturated heterocycles. The third-order valence-corrected chi connectivity index (χ3v) is 4.75. The highest BCUT2D eigenvalue weighted by Gasteiger charge is 2.17. The molecular formula is C16H16N4O3S. The number of pyridine rings is 1. The smallest absolute Gasteiger partial charge is 0.251 e. The Morgan fingerprint density at radius 3 is 2.50 bits per heavy atom. The van der Waals surface area contributed by atoms with Crippen molar-refractivity contribution in [2.45, 2.75) is 17.9 Å². The maximum absolute atomic E-state index is 12.3.